The summed E-state index contributed by atoms with van der Waals surface area (Å²) < 4.78 is 11.0. The van der Waals surface area contributed by atoms with Gasteiger partial charge in [0.05, 0.1) is 12.6 Å². The van der Waals surface area contributed by atoms with Gasteiger partial charge in [-0.3, -0.25) is 24.7 Å². The van der Waals surface area contributed by atoms with E-state index in [1.54, 1.807) is 11.8 Å². The van der Waals surface area contributed by atoms with Crippen LogP contribution in [0.3, 0.4) is 0 Å². The van der Waals surface area contributed by atoms with Gasteiger partial charge in [-0.05, 0) is 57.9 Å². The number of benzene rings is 1. The normalized spacial score (nSPS) is 16.6. The first-order valence-electron chi connectivity index (χ1n) is 13.1. The van der Waals surface area contributed by atoms with E-state index in [0.717, 1.165) is 20.4 Å². The topological polar surface area (TPSA) is 121 Å². The number of rotatable bonds is 7. The van der Waals surface area contributed by atoms with Gasteiger partial charge < -0.3 is 14.4 Å². The van der Waals surface area contributed by atoms with Crippen molar-refractivity contribution in [2.45, 2.75) is 52.7 Å². The summed E-state index contributed by atoms with van der Waals surface area (Å²) >= 11 is 3.50. The van der Waals surface area contributed by atoms with Crippen LogP contribution in [0.2, 0.25) is 0 Å². The summed E-state index contributed by atoms with van der Waals surface area (Å²) in [4.78, 5) is 58.7. The number of hydrogen-bond acceptors (Lipinski definition) is 9. The number of carbonyl (C=O) groups excluding carboxylic acids is 4. The number of aromatic nitrogens is 1. The number of nitrogens with zero attached hydrogens (tertiary/aromatic N) is 4. The summed E-state index contributed by atoms with van der Waals surface area (Å²) in [6.07, 6.45) is -0.198. The largest absolute Gasteiger partial charge is 0.469 e. The molecule has 1 aromatic carbocycles. The van der Waals surface area contributed by atoms with Crippen LogP contribution in [-0.4, -0.2) is 82.6 Å². The number of hydrogen-bond donors (Lipinski definition) is 1. The second-order valence-electron chi connectivity index (χ2n) is 10.8. The number of pyridine rings is 1. The van der Waals surface area contributed by atoms with Crippen LogP contribution in [0.1, 0.15) is 46.1 Å². The van der Waals surface area contributed by atoms with E-state index < -0.39 is 23.4 Å². The highest BCUT2D eigenvalue weighted by Gasteiger charge is 2.36. The van der Waals surface area contributed by atoms with Crippen LogP contribution in [0.5, 0.6) is 0 Å². The van der Waals surface area contributed by atoms with Crippen LogP contribution >= 0.6 is 15.9 Å². The fourth-order valence-electron chi connectivity index (χ4n) is 4.64. The lowest BCUT2D eigenvalue weighted by Crippen LogP contribution is -2.49. The molecule has 1 saturated heterocycles. The van der Waals surface area contributed by atoms with Crippen molar-refractivity contribution in [1.82, 2.24) is 19.8 Å². The van der Waals surface area contributed by atoms with Gasteiger partial charge in [0.1, 0.15) is 11.4 Å². The van der Waals surface area contributed by atoms with Gasteiger partial charge in [0.15, 0.2) is 0 Å². The summed E-state index contributed by atoms with van der Waals surface area (Å²) in [6, 6.07) is 7.63. The monoisotopic (exact) mass is 615 g/mol. The van der Waals surface area contributed by atoms with E-state index in [2.05, 4.69) is 36.0 Å². The molecule has 0 unspecified atom stereocenters. The quantitative estimate of drug-likeness (QED) is 0.363. The molecule has 1 N–H and O–H groups in total. The van der Waals surface area contributed by atoms with E-state index >= 15 is 0 Å². The molecule has 0 saturated carbocycles. The number of esters is 1. The first-order valence-corrected chi connectivity index (χ1v) is 13.9. The van der Waals surface area contributed by atoms with Gasteiger partial charge in [-0.2, -0.15) is 5.01 Å². The van der Waals surface area contributed by atoms with Gasteiger partial charge in [0.2, 0.25) is 0 Å². The first kappa shape index (κ1) is 29.5. The molecule has 11 nitrogen and oxygen atoms in total. The van der Waals surface area contributed by atoms with Crippen molar-refractivity contribution in [3.8, 4) is 0 Å². The average Bonchev–Trinajstić information content (AvgIpc) is 3.09. The molecule has 12 heteroatoms. The Bertz CT molecular complexity index is 1380. The molecule has 214 valence electrons. The Labute approximate surface area is 241 Å². The second-order valence-corrected chi connectivity index (χ2v) is 11.7. The van der Waals surface area contributed by atoms with Gasteiger partial charge in [-0.15, -0.1) is 0 Å². The molecule has 2 aromatic rings. The molecule has 0 aliphatic carbocycles. The third-order valence-electron chi connectivity index (χ3n) is 6.75. The van der Waals surface area contributed by atoms with Gasteiger partial charge >= 0.3 is 12.1 Å². The smallest absolute Gasteiger partial charge is 0.410 e. The molecule has 2 aliphatic rings. The molecule has 0 bridgehead atoms. The fourth-order valence-corrected chi connectivity index (χ4v) is 4.99. The number of carbonyl (C=O) groups is 4. The van der Waals surface area contributed by atoms with E-state index in [-0.39, 0.29) is 30.1 Å². The number of halogens is 1. The van der Waals surface area contributed by atoms with E-state index in [1.165, 1.54) is 7.11 Å². The predicted molar refractivity (Wildman–Crippen MR) is 152 cm³/mol. The van der Waals surface area contributed by atoms with Crippen LogP contribution in [0.15, 0.2) is 39.9 Å². The van der Waals surface area contributed by atoms with Gasteiger partial charge in [0.25, 0.3) is 11.8 Å². The highest BCUT2D eigenvalue weighted by Crippen LogP contribution is 2.29. The van der Waals surface area contributed by atoms with Crippen LogP contribution in [-0.2, 0) is 30.4 Å². The van der Waals surface area contributed by atoms with Gasteiger partial charge in [-0.25, -0.2) is 9.78 Å². The lowest BCUT2D eigenvalue weighted by atomic mass is 10.1. The Balaban J connectivity index is 1.51. The maximum Gasteiger partial charge on any atom is 0.410 e. The van der Waals surface area contributed by atoms with Crippen molar-refractivity contribution in [2.24, 2.45) is 0 Å². The van der Waals surface area contributed by atoms with E-state index in [0.29, 0.717) is 44.1 Å². The molecule has 3 amide bonds. The number of nitrogens with one attached hydrogen (secondary N) is 1. The number of amides is 3. The van der Waals surface area contributed by atoms with Crippen LogP contribution in [0, 0.1) is 0 Å². The molecule has 4 rings (SSSR count). The summed E-state index contributed by atoms with van der Waals surface area (Å²) in [6.45, 7) is 10.1. The molecule has 1 fully saturated rings. The zero-order chi connectivity index (χ0) is 29.2. The zero-order valence-electron chi connectivity index (χ0n) is 23.4. The van der Waals surface area contributed by atoms with Crippen molar-refractivity contribution in [3.05, 3.63) is 45.4 Å². The average molecular weight is 617 g/mol. The van der Waals surface area contributed by atoms with E-state index in [1.807, 2.05) is 45.0 Å². The maximum absolute atomic E-state index is 13.1. The first-order chi connectivity index (χ1) is 18.9. The molecule has 40 heavy (non-hydrogen) atoms. The van der Waals surface area contributed by atoms with E-state index in [9.17, 15) is 19.2 Å². The predicted octanol–water partition coefficient (Wildman–Crippen LogP) is 4.02. The number of hydrazine groups is 1. The highest BCUT2D eigenvalue weighted by molar-refractivity contribution is 9.10. The van der Waals surface area contributed by atoms with Crippen LogP contribution in [0.25, 0.3) is 10.9 Å². The van der Waals surface area contributed by atoms with E-state index in [4.69, 9.17) is 4.74 Å². The maximum atomic E-state index is 13.1. The Hall–Kier alpha value is -3.51. The van der Waals surface area contributed by atoms with Gasteiger partial charge in [0, 0.05) is 60.1 Å². The molecule has 0 atom stereocenters. The number of imide groups is 1. The number of anilines is 1. The number of piperazine rings is 1. The Kier molecular flexibility index (Phi) is 8.79. The Morgan fingerprint density at radius 3 is 2.42 bits per heavy atom. The second kappa shape index (κ2) is 11.9. The lowest BCUT2D eigenvalue weighted by molar-refractivity contribution is -0.140. The minimum Gasteiger partial charge on any atom is -0.469 e. The van der Waals surface area contributed by atoms with Crippen LogP contribution in [0.4, 0.5) is 10.6 Å². The number of methoxy groups -OCH3 is 1. The lowest BCUT2D eigenvalue weighted by Gasteiger charge is -2.35. The minimum atomic E-state index is -0.546. The Morgan fingerprint density at radius 1 is 1.07 bits per heavy atom. The molecular formula is C28H34BrN5O6. The zero-order valence-corrected chi connectivity index (χ0v) is 25.0. The van der Waals surface area contributed by atoms with Crippen molar-refractivity contribution in [2.75, 3.05) is 38.7 Å². The molecule has 3 heterocycles. The van der Waals surface area contributed by atoms with Gasteiger partial charge in [-0.1, -0.05) is 22.0 Å². The third-order valence-corrected chi connectivity index (χ3v) is 7.24. The van der Waals surface area contributed by atoms with Crippen molar-refractivity contribution in [3.63, 3.8) is 0 Å². The van der Waals surface area contributed by atoms with Crippen molar-refractivity contribution < 1.29 is 28.7 Å². The summed E-state index contributed by atoms with van der Waals surface area (Å²) in [5.74, 6) is -1.11. The van der Waals surface area contributed by atoms with Crippen molar-refractivity contribution in [1.29, 1.82) is 0 Å². The standard InChI is InChI=1S/C28H34BrN5O6/c1-17-20(8-9-24(35)39-5)26(37)34(25(17)36)31-23-14-18(21-7-6-19(29)15-22(21)30-23)16-32-10-12-33(13-11-32)27(38)40-28(2,3)4/h6-7,14-15H,8-13,16H2,1-5H3,(H,30,31). The summed E-state index contributed by atoms with van der Waals surface area (Å²) in [5.41, 5.74) is 4.56. The molecule has 0 radical (unpaired) electrons. The molecule has 2 aliphatic heterocycles. The fraction of sp³-hybridized carbons (Fsp3) is 0.464. The van der Waals surface area contributed by atoms with Crippen LogP contribution < -0.4 is 5.43 Å². The summed E-state index contributed by atoms with van der Waals surface area (Å²) in [7, 11) is 1.28. The summed E-state index contributed by atoms with van der Waals surface area (Å²) in [5, 5.41) is 1.88. The molecule has 1 aromatic heterocycles. The van der Waals surface area contributed by atoms with Crippen molar-refractivity contribution >= 4 is 56.5 Å². The molecule has 0 spiro atoms. The minimum absolute atomic E-state index is 0.00359. The third kappa shape index (κ3) is 6.79. The highest BCUT2D eigenvalue weighted by atomic mass is 79.9. The number of ether oxygens (including phenoxy) is 2. The number of fused-ring (bicyclic) bond motifs is 1. The SMILES string of the molecule is COC(=O)CCC1=C(C)C(=O)N(Nc2cc(CN3CCN(C(=O)OC(C)(C)C)CC3)c3ccc(Br)cc3n2)C1=O. The Morgan fingerprint density at radius 2 is 1.77 bits per heavy atom. The molecular weight excluding hydrogens is 582 g/mol.